The smallest absolute Gasteiger partial charge is 0.166 e. The van der Waals surface area contributed by atoms with Crippen LogP contribution in [0.1, 0.15) is 23.5 Å². The average Bonchev–Trinajstić information content (AvgIpc) is 3.15. The highest BCUT2D eigenvalue weighted by Crippen LogP contribution is 2.30. The molecule has 0 spiro atoms. The first-order chi connectivity index (χ1) is 12.0. The van der Waals surface area contributed by atoms with Crippen LogP contribution in [0.4, 0.5) is 0 Å². The van der Waals surface area contributed by atoms with E-state index in [1.807, 2.05) is 0 Å². The molecule has 0 aliphatic heterocycles. The molecule has 1 unspecified atom stereocenters. The molecule has 0 saturated heterocycles. The summed E-state index contributed by atoms with van der Waals surface area (Å²) in [7, 11) is 2.08. The van der Waals surface area contributed by atoms with Crippen molar-refractivity contribution in [3.05, 3.63) is 46.1 Å². The van der Waals surface area contributed by atoms with Gasteiger partial charge in [0.25, 0.3) is 0 Å². The van der Waals surface area contributed by atoms with Crippen LogP contribution < -0.4 is 10.6 Å². The Labute approximate surface area is 149 Å². The molecule has 2 heterocycles. The fraction of sp³-hybridized carbons (Fsp3) is 0.316. The zero-order valence-electron chi connectivity index (χ0n) is 14.2. The monoisotopic (exact) mass is 355 g/mol. The Hall–Kier alpha value is -2.02. The van der Waals surface area contributed by atoms with Crippen molar-refractivity contribution in [3.63, 3.8) is 0 Å². The summed E-state index contributed by atoms with van der Waals surface area (Å²) in [4.78, 5) is 7.84. The molecule has 3 N–H and O–H groups in total. The van der Waals surface area contributed by atoms with Crippen molar-refractivity contribution in [1.29, 1.82) is 0 Å². The molecule has 1 atom stereocenters. The molecule has 4 rings (SSSR count). The van der Waals surface area contributed by atoms with E-state index in [2.05, 4.69) is 65.1 Å². The summed E-state index contributed by atoms with van der Waals surface area (Å²) in [6.45, 7) is 2.13. The second-order valence-electron chi connectivity index (χ2n) is 6.54. The average molecular weight is 355 g/mol. The number of rotatable bonds is 4. The van der Waals surface area contributed by atoms with Crippen molar-refractivity contribution < 1.29 is 10.2 Å². The SMILES string of the molecule is Cc1cc2[nH]c(SCC(O)O)nc2cc1C1C=c2ccn(C)c2=CC1. The molecule has 0 fully saturated rings. The number of thioether (sulfide) groups is 1. The second kappa shape index (κ2) is 6.37. The summed E-state index contributed by atoms with van der Waals surface area (Å²) < 4.78 is 2.16. The minimum atomic E-state index is -1.33. The lowest BCUT2D eigenvalue weighted by Crippen LogP contribution is -2.30. The Morgan fingerprint density at radius 2 is 2.24 bits per heavy atom. The van der Waals surface area contributed by atoms with E-state index in [1.165, 1.54) is 33.5 Å². The third kappa shape index (κ3) is 3.13. The Balaban J connectivity index is 1.70. The van der Waals surface area contributed by atoms with Gasteiger partial charge in [0, 0.05) is 24.5 Å². The third-order valence-corrected chi connectivity index (χ3v) is 5.65. The molecule has 1 aliphatic rings. The van der Waals surface area contributed by atoms with Gasteiger partial charge in [-0.2, -0.15) is 0 Å². The number of aliphatic hydroxyl groups is 2. The highest BCUT2D eigenvalue weighted by Gasteiger charge is 2.16. The summed E-state index contributed by atoms with van der Waals surface area (Å²) in [6.07, 6.45) is 6.40. The first-order valence-corrected chi connectivity index (χ1v) is 9.32. The molecule has 2 aromatic heterocycles. The number of benzene rings is 1. The van der Waals surface area contributed by atoms with E-state index >= 15 is 0 Å². The van der Waals surface area contributed by atoms with Crippen molar-refractivity contribution in [1.82, 2.24) is 14.5 Å². The lowest BCUT2D eigenvalue weighted by molar-refractivity contribution is -0.0186. The maximum absolute atomic E-state index is 9.01. The molecular formula is C19H21N3O2S. The van der Waals surface area contributed by atoms with Crippen LogP contribution in [0.15, 0.2) is 29.6 Å². The van der Waals surface area contributed by atoms with Crippen molar-refractivity contribution in [2.75, 3.05) is 5.75 Å². The van der Waals surface area contributed by atoms with Gasteiger partial charge in [0.15, 0.2) is 11.4 Å². The largest absolute Gasteiger partial charge is 0.367 e. The zero-order valence-corrected chi connectivity index (χ0v) is 15.0. The van der Waals surface area contributed by atoms with Crippen LogP contribution in [-0.2, 0) is 7.05 Å². The third-order valence-electron chi connectivity index (χ3n) is 4.72. The molecule has 25 heavy (non-hydrogen) atoms. The molecule has 0 saturated carbocycles. The summed E-state index contributed by atoms with van der Waals surface area (Å²) in [6, 6.07) is 6.45. The fourth-order valence-corrected chi connectivity index (χ4v) is 4.14. The standard InChI is InChI=1S/C19H21N3O2S/c1-11-7-15-16(21-19(20-15)25-10-18(23)24)9-14(11)12-3-4-17-13(8-12)5-6-22(17)2/h4-9,12,18,23-24H,3,10H2,1-2H3,(H,20,21). The van der Waals surface area contributed by atoms with Gasteiger partial charge in [-0.25, -0.2) is 4.98 Å². The van der Waals surface area contributed by atoms with Crippen LogP contribution in [-0.4, -0.2) is 36.8 Å². The van der Waals surface area contributed by atoms with Crippen LogP contribution in [0.5, 0.6) is 0 Å². The van der Waals surface area contributed by atoms with Crippen molar-refractivity contribution in [3.8, 4) is 0 Å². The van der Waals surface area contributed by atoms with Gasteiger partial charge in [-0.05, 0) is 47.9 Å². The van der Waals surface area contributed by atoms with E-state index in [1.54, 1.807) is 0 Å². The van der Waals surface area contributed by atoms with Crippen molar-refractivity contribution >= 4 is 34.9 Å². The Kier molecular flexibility index (Phi) is 4.19. The summed E-state index contributed by atoms with van der Waals surface area (Å²) in [5.74, 6) is 0.555. The van der Waals surface area contributed by atoms with Gasteiger partial charge in [0.2, 0.25) is 0 Å². The predicted molar refractivity (Wildman–Crippen MR) is 101 cm³/mol. The summed E-state index contributed by atoms with van der Waals surface area (Å²) in [5.41, 5.74) is 4.44. The van der Waals surface area contributed by atoms with Crippen LogP contribution in [0.3, 0.4) is 0 Å². The van der Waals surface area contributed by atoms with E-state index in [0.717, 1.165) is 17.5 Å². The first-order valence-electron chi connectivity index (χ1n) is 8.34. The van der Waals surface area contributed by atoms with Gasteiger partial charge in [0.05, 0.1) is 16.8 Å². The second-order valence-corrected chi connectivity index (χ2v) is 7.55. The molecule has 1 aliphatic carbocycles. The summed E-state index contributed by atoms with van der Waals surface area (Å²) >= 11 is 1.31. The Morgan fingerprint density at radius 1 is 1.40 bits per heavy atom. The molecule has 130 valence electrons. The number of aliphatic hydroxyl groups excluding tert-OH is 1. The molecule has 6 heteroatoms. The van der Waals surface area contributed by atoms with Crippen LogP contribution >= 0.6 is 11.8 Å². The zero-order chi connectivity index (χ0) is 17.6. The fourth-order valence-electron chi connectivity index (χ4n) is 3.48. The first kappa shape index (κ1) is 16.4. The molecule has 0 radical (unpaired) electrons. The number of nitrogens with zero attached hydrogens (tertiary/aromatic N) is 2. The number of hydrogen-bond acceptors (Lipinski definition) is 4. The molecule has 0 bridgehead atoms. The van der Waals surface area contributed by atoms with Crippen LogP contribution in [0.2, 0.25) is 0 Å². The maximum Gasteiger partial charge on any atom is 0.166 e. The highest BCUT2D eigenvalue weighted by atomic mass is 32.2. The number of aromatic nitrogens is 3. The van der Waals surface area contributed by atoms with Gasteiger partial charge in [-0.1, -0.05) is 23.9 Å². The lowest BCUT2D eigenvalue weighted by atomic mass is 9.89. The number of H-pyrrole nitrogens is 1. The van der Waals surface area contributed by atoms with Crippen molar-refractivity contribution in [2.24, 2.45) is 7.05 Å². The van der Waals surface area contributed by atoms with Gasteiger partial charge in [0.1, 0.15) is 0 Å². The Bertz CT molecular complexity index is 1050. The van der Waals surface area contributed by atoms with Gasteiger partial charge < -0.3 is 19.8 Å². The number of nitrogens with one attached hydrogen (secondary N) is 1. The minimum absolute atomic E-state index is 0.202. The van der Waals surface area contributed by atoms with Crippen LogP contribution in [0, 0.1) is 6.92 Å². The van der Waals surface area contributed by atoms with E-state index in [-0.39, 0.29) is 5.75 Å². The van der Waals surface area contributed by atoms with Crippen molar-refractivity contribution in [2.45, 2.75) is 30.7 Å². The molecule has 5 nitrogen and oxygen atoms in total. The van der Waals surface area contributed by atoms with Crippen LogP contribution in [0.25, 0.3) is 23.2 Å². The van der Waals surface area contributed by atoms with Gasteiger partial charge in [-0.3, -0.25) is 0 Å². The maximum atomic E-state index is 9.01. The van der Waals surface area contributed by atoms with E-state index < -0.39 is 6.29 Å². The highest BCUT2D eigenvalue weighted by molar-refractivity contribution is 7.99. The Morgan fingerprint density at radius 3 is 3.04 bits per heavy atom. The summed E-state index contributed by atoms with van der Waals surface area (Å²) in [5, 5.41) is 21.3. The number of imidazole rings is 1. The van der Waals surface area contributed by atoms with E-state index in [4.69, 9.17) is 10.2 Å². The molecule has 0 amide bonds. The number of aromatic amines is 1. The van der Waals surface area contributed by atoms with Gasteiger partial charge >= 0.3 is 0 Å². The van der Waals surface area contributed by atoms with E-state index in [9.17, 15) is 0 Å². The van der Waals surface area contributed by atoms with Gasteiger partial charge in [-0.15, -0.1) is 0 Å². The lowest BCUT2D eigenvalue weighted by Gasteiger charge is -2.16. The molecular weight excluding hydrogens is 334 g/mol. The topological polar surface area (TPSA) is 74.1 Å². The van der Waals surface area contributed by atoms with E-state index in [0.29, 0.717) is 11.1 Å². The number of hydrogen-bond donors (Lipinski definition) is 3. The molecule has 1 aromatic carbocycles. The number of fused-ring (bicyclic) bond motifs is 2. The molecule has 3 aromatic rings. The number of aryl methyl sites for hydroxylation is 2. The quantitative estimate of drug-likeness (QED) is 0.488. The normalized spacial score (nSPS) is 16.8. The predicted octanol–water partition coefficient (Wildman–Crippen LogP) is 1.36. The minimum Gasteiger partial charge on any atom is -0.367 e.